The Kier molecular flexibility index (Phi) is 2.87. The highest BCUT2D eigenvalue weighted by atomic mass is 35.5. The average Bonchev–Trinajstić information content (AvgIpc) is 3.17. The zero-order valence-corrected chi connectivity index (χ0v) is 12.2. The Hall–Kier alpha value is -2.38. The fourth-order valence-corrected chi connectivity index (χ4v) is 2.83. The van der Waals surface area contributed by atoms with Crippen molar-refractivity contribution >= 4 is 39.7 Å². The second-order valence-electron chi connectivity index (χ2n) is 4.32. The summed E-state index contributed by atoms with van der Waals surface area (Å²) in [6, 6.07) is 3.60. The lowest BCUT2D eigenvalue weighted by Crippen LogP contribution is -1.92. The third-order valence-corrected chi connectivity index (χ3v) is 3.94. The minimum Gasteiger partial charge on any atom is -0.330 e. The summed E-state index contributed by atoms with van der Waals surface area (Å²) in [6.45, 7) is 0. The molecule has 104 valence electrons. The summed E-state index contributed by atoms with van der Waals surface area (Å²) in [5.41, 5.74) is 1.81. The van der Waals surface area contributed by atoms with Crippen LogP contribution in [0.3, 0.4) is 0 Å². The smallest absolute Gasteiger partial charge is 0.211 e. The maximum atomic E-state index is 5.82. The molecule has 4 rings (SSSR count). The number of hydrogen-bond acceptors (Lipinski definition) is 5. The van der Waals surface area contributed by atoms with E-state index in [-0.39, 0.29) is 0 Å². The van der Waals surface area contributed by atoms with Crippen molar-refractivity contribution in [2.75, 3.05) is 5.32 Å². The third-order valence-electron chi connectivity index (χ3n) is 2.96. The van der Waals surface area contributed by atoms with Gasteiger partial charge in [0, 0.05) is 24.0 Å². The molecule has 8 heteroatoms. The van der Waals surface area contributed by atoms with Gasteiger partial charge in [-0.25, -0.2) is 15.0 Å². The van der Waals surface area contributed by atoms with Crippen molar-refractivity contribution in [1.82, 2.24) is 24.3 Å². The number of fused-ring (bicyclic) bond motifs is 1. The SMILES string of the molecule is Clc1ccc(Nc2nc(-c3cnc4[nH]ccn34)cs2)nc1. The molecular weight excluding hydrogens is 308 g/mol. The highest BCUT2D eigenvalue weighted by Gasteiger charge is 2.10. The number of nitrogens with zero attached hydrogens (tertiary/aromatic N) is 4. The van der Waals surface area contributed by atoms with Gasteiger partial charge in [0.1, 0.15) is 11.5 Å². The molecule has 0 saturated heterocycles. The topological polar surface area (TPSA) is 70.9 Å². The van der Waals surface area contributed by atoms with Crippen molar-refractivity contribution in [1.29, 1.82) is 0 Å². The van der Waals surface area contributed by atoms with E-state index in [1.165, 1.54) is 11.3 Å². The molecule has 0 atom stereocenters. The van der Waals surface area contributed by atoms with Gasteiger partial charge in [-0.15, -0.1) is 11.3 Å². The van der Waals surface area contributed by atoms with Crippen molar-refractivity contribution in [2.24, 2.45) is 0 Å². The van der Waals surface area contributed by atoms with Crippen LogP contribution in [-0.4, -0.2) is 24.3 Å². The molecule has 0 fully saturated rings. The second kappa shape index (κ2) is 4.87. The maximum absolute atomic E-state index is 5.82. The van der Waals surface area contributed by atoms with Gasteiger partial charge in [0.25, 0.3) is 0 Å². The Labute approximate surface area is 128 Å². The van der Waals surface area contributed by atoms with E-state index in [1.807, 2.05) is 28.2 Å². The van der Waals surface area contributed by atoms with Crippen LogP contribution in [0.4, 0.5) is 10.9 Å². The first-order chi connectivity index (χ1) is 10.3. The molecule has 4 aromatic rings. The Morgan fingerprint density at radius 1 is 1.24 bits per heavy atom. The zero-order valence-electron chi connectivity index (χ0n) is 10.6. The fourth-order valence-electron chi connectivity index (χ4n) is 2.00. The number of anilines is 2. The van der Waals surface area contributed by atoms with Crippen LogP contribution >= 0.6 is 22.9 Å². The first-order valence-corrected chi connectivity index (χ1v) is 7.40. The summed E-state index contributed by atoms with van der Waals surface area (Å²) in [7, 11) is 0. The summed E-state index contributed by atoms with van der Waals surface area (Å²) in [5, 5.41) is 6.51. The van der Waals surface area contributed by atoms with E-state index < -0.39 is 0 Å². The predicted octanol–water partition coefficient (Wildman–Crippen LogP) is 3.58. The quantitative estimate of drug-likeness (QED) is 0.606. The monoisotopic (exact) mass is 316 g/mol. The van der Waals surface area contributed by atoms with E-state index in [9.17, 15) is 0 Å². The minimum atomic E-state index is 0.606. The lowest BCUT2D eigenvalue weighted by atomic mass is 10.4. The summed E-state index contributed by atoms with van der Waals surface area (Å²) >= 11 is 7.33. The molecule has 4 aromatic heterocycles. The number of hydrogen-bond donors (Lipinski definition) is 2. The van der Waals surface area contributed by atoms with Crippen molar-refractivity contribution in [3.8, 4) is 11.4 Å². The Morgan fingerprint density at radius 3 is 3.05 bits per heavy atom. The second-order valence-corrected chi connectivity index (χ2v) is 5.62. The summed E-state index contributed by atoms with van der Waals surface area (Å²) in [4.78, 5) is 16.1. The molecule has 0 unspecified atom stereocenters. The van der Waals surface area contributed by atoms with Crippen molar-refractivity contribution in [2.45, 2.75) is 0 Å². The molecule has 6 nitrogen and oxygen atoms in total. The number of imidazole rings is 2. The number of pyridine rings is 1. The lowest BCUT2D eigenvalue weighted by Gasteiger charge is -2.00. The molecule has 0 aliphatic rings. The van der Waals surface area contributed by atoms with Crippen LogP contribution in [0.25, 0.3) is 17.2 Å². The van der Waals surface area contributed by atoms with Gasteiger partial charge in [-0.3, -0.25) is 4.40 Å². The molecule has 2 N–H and O–H groups in total. The largest absolute Gasteiger partial charge is 0.330 e. The van der Waals surface area contributed by atoms with Crippen LogP contribution in [0.2, 0.25) is 5.02 Å². The van der Waals surface area contributed by atoms with Gasteiger partial charge >= 0.3 is 0 Å². The number of thiazole rings is 1. The van der Waals surface area contributed by atoms with Crippen LogP contribution in [0.15, 0.2) is 42.3 Å². The van der Waals surface area contributed by atoms with Gasteiger partial charge in [-0.2, -0.15) is 0 Å². The predicted molar refractivity (Wildman–Crippen MR) is 83.2 cm³/mol. The molecule has 0 bridgehead atoms. The summed E-state index contributed by atoms with van der Waals surface area (Å²) < 4.78 is 1.96. The molecule has 0 radical (unpaired) electrons. The van der Waals surface area contributed by atoms with Crippen LogP contribution in [0, 0.1) is 0 Å². The Morgan fingerprint density at radius 2 is 2.19 bits per heavy atom. The molecule has 21 heavy (non-hydrogen) atoms. The number of halogens is 1. The van der Waals surface area contributed by atoms with E-state index in [0.717, 1.165) is 22.3 Å². The number of rotatable bonds is 3. The van der Waals surface area contributed by atoms with Crippen molar-refractivity contribution < 1.29 is 0 Å². The minimum absolute atomic E-state index is 0.606. The molecule has 0 aliphatic carbocycles. The van der Waals surface area contributed by atoms with Crippen molar-refractivity contribution in [3.05, 3.63) is 47.3 Å². The van der Waals surface area contributed by atoms with Gasteiger partial charge < -0.3 is 10.3 Å². The zero-order chi connectivity index (χ0) is 14.2. The highest BCUT2D eigenvalue weighted by Crippen LogP contribution is 2.27. The first kappa shape index (κ1) is 12.4. The van der Waals surface area contributed by atoms with Crippen molar-refractivity contribution in [3.63, 3.8) is 0 Å². The van der Waals surface area contributed by atoms with E-state index in [4.69, 9.17) is 11.6 Å². The number of aromatic amines is 1. The van der Waals surface area contributed by atoms with Crippen LogP contribution in [0.5, 0.6) is 0 Å². The lowest BCUT2D eigenvalue weighted by molar-refractivity contribution is 1.19. The number of nitrogens with one attached hydrogen (secondary N) is 2. The summed E-state index contributed by atoms with van der Waals surface area (Å²) in [6.07, 6.45) is 7.16. The van der Waals surface area contributed by atoms with Crippen LogP contribution in [0.1, 0.15) is 0 Å². The average molecular weight is 317 g/mol. The van der Waals surface area contributed by atoms with Gasteiger partial charge in [-0.05, 0) is 12.1 Å². The van der Waals surface area contributed by atoms with Crippen LogP contribution < -0.4 is 5.32 Å². The third kappa shape index (κ3) is 2.26. The Bertz CT molecular complexity index is 891. The van der Waals surface area contributed by atoms with Gasteiger partial charge in [0.2, 0.25) is 5.78 Å². The van der Waals surface area contributed by atoms with Crippen LogP contribution in [-0.2, 0) is 0 Å². The number of aromatic nitrogens is 5. The normalized spacial score (nSPS) is 11.1. The fraction of sp³-hybridized carbons (Fsp3) is 0. The first-order valence-electron chi connectivity index (χ1n) is 6.14. The molecule has 0 aliphatic heterocycles. The maximum Gasteiger partial charge on any atom is 0.211 e. The van der Waals surface area contributed by atoms with Gasteiger partial charge in [-0.1, -0.05) is 11.6 Å². The molecule has 0 saturated carbocycles. The molecule has 4 heterocycles. The molecule has 0 spiro atoms. The van der Waals surface area contributed by atoms with Gasteiger partial charge in [0.15, 0.2) is 5.13 Å². The van der Waals surface area contributed by atoms with E-state index in [2.05, 4.69) is 25.3 Å². The standard InChI is InChI=1S/C13H9ClN6S/c14-8-1-2-11(16-5-8)19-13-18-9(7-21-13)10-6-17-12-15-3-4-20(10)12/h1-7H,(H,15,17)(H,16,18,19). The summed E-state index contributed by atoms with van der Waals surface area (Å²) in [5.74, 6) is 1.51. The Balaban J connectivity index is 1.64. The molecular formula is C13H9ClN6S. The van der Waals surface area contributed by atoms with E-state index >= 15 is 0 Å². The van der Waals surface area contributed by atoms with Gasteiger partial charge in [0.05, 0.1) is 16.9 Å². The number of H-pyrrole nitrogens is 1. The molecule has 0 aromatic carbocycles. The highest BCUT2D eigenvalue weighted by molar-refractivity contribution is 7.14. The molecule has 0 amide bonds. The van der Waals surface area contributed by atoms with E-state index in [1.54, 1.807) is 18.5 Å². The van der Waals surface area contributed by atoms with E-state index in [0.29, 0.717) is 10.8 Å².